The molecule has 2 N–H and O–H groups in total. The topological polar surface area (TPSA) is 55.0 Å². The Bertz CT molecular complexity index is 336. The minimum absolute atomic E-state index is 0.488. The van der Waals surface area contributed by atoms with Gasteiger partial charge in [-0.15, -0.1) is 0 Å². The van der Waals surface area contributed by atoms with Crippen molar-refractivity contribution >= 4 is 5.95 Å². The predicted octanol–water partition coefficient (Wildman–Crippen LogP) is 1.70. The first kappa shape index (κ1) is 11.3. The van der Waals surface area contributed by atoms with E-state index in [2.05, 4.69) is 21.8 Å². The van der Waals surface area contributed by atoms with E-state index in [1.54, 1.807) is 0 Å². The lowest BCUT2D eigenvalue weighted by Crippen LogP contribution is -2.29. The molecule has 0 aromatic carbocycles. The fourth-order valence-electron chi connectivity index (χ4n) is 1.80. The van der Waals surface area contributed by atoms with Crippen molar-refractivity contribution in [2.75, 3.05) is 11.4 Å². The molecule has 1 aromatic heterocycles. The van der Waals surface area contributed by atoms with Crippen molar-refractivity contribution in [3.8, 4) is 0 Å². The Morgan fingerprint density at radius 1 is 1.50 bits per heavy atom. The molecule has 1 aromatic rings. The summed E-state index contributed by atoms with van der Waals surface area (Å²) in [6, 6.07) is 2.55. The van der Waals surface area contributed by atoms with Crippen LogP contribution in [0.2, 0.25) is 0 Å². The zero-order chi connectivity index (χ0) is 11.4. The van der Waals surface area contributed by atoms with E-state index in [0.717, 1.165) is 18.2 Å². The number of rotatable bonds is 6. The Hall–Kier alpha value is -1.16. The standard InChI is InChI=1S/C12H20N4/c1-2-3-8-16(11-4-5-11)12-14-7-6-10(9-13)15-12/h6-7,11H,2-5,8-9,13H2,1H3. The lowest BCUT2D eigenvalue weighted by molar-refractivity contribution is 0.691. The summed E-state index contributed by atoms with van der Waals surface area (Å²) in [5.41, 5.74) is 6.53. The highest BCUT2D eigenvalue weighted by Crippen LogP contribution is 2.29. The average molecular weight is 220 g/mol. The number of nitrogens with zero attached hydrogens (tertiary/aromatic N) is 3. The molecule has 1 heterocycles. The van der Waals surface area contributed by atoms with Crippen molar-refractivity contribution in [3.05, 3.63) is 18.0 Å². The SMILES string of the molecule is CCCCN(c1nccc(CN)n1)C1CC1. The van der Waals surface area contributed by atoms with Crippen LogP contribution < -0.4 is 10.6 Å². The summed E-state index contributed by atoms with van der Waals surface area (Å²) in [5, 5.41) is 0. The molecular weight excluding hydrogens is 200 g/mol. The maximum Gasteiger partial charge on any atom is 0.225 e. The molecule has 1 fully saturated rings. The first-order valence-corrected chi connectivity index (χ1v) is 6.13. The zero-order valence-electron chi connectivity index (χ0n) is 9.89. The Morgan fingerprint density at radius 3 is 2.94 bits per heavy atom. The minimum Gasteiger partial charge on any atom is -0.338 e. The quantitative estimate of drug-likeness (QED) is 0.793. The summed E-state index contributed by atoms with van der Waals surface area (Å²) in [7, 11) is 0. The van der Waals surface area contributed by atoms with E-state index in [1.165, 1.54) is 25.7 Å². The fourth-order valence-corrected chi connectivity index (χ4v) is 1.80. The van der Waals surface area contributed by atoms with Crippen molar-refractivity contribution in [1.82, 2.24) is 9.97 Å². The summed E-state index contributed by atoms with van der Waals surface area (Å²) in [4.78, 5) is 11.2. The maximum atomic E-state index is 5.60. The van der Waals surface area contributed by atoms with Crippen LogP contribution in [0, 0.1) is 0 Å². The van der Waals surface area contributed by atoms with Crippen molar-refractivity contribution in [2.45, 2.75) is 45.2 Å². The van der Waals surface area contributed by atoms with Crippen molar-refractivity contribution in [1.29, 1.82) is 0 Å². The molecule has 88 valence electrons. The van der Waals surface area contributed by atoms with E-state index in [-0.39, 0.29) is 0 Å². The second-order valence-corrected chi connectivity index (χ2v) is 4.33. The summed E-state index contributed by atoms with van der Waals surface area (Å²) >= 11 is 0. The van der Waals surface area contributed by atoms with Crippen LogP contribution >= 0.6 is 0 Å². The summed E-state index contributed by atoms with van der Waals surface area (Å²) in [6.45, 7) is 3.76. The van der Waals surface area contributed by atoms with E-state index < -0.39 is 0 Å². The van der Waals surface area contributed by atoms with Gasteiger partial charge < -0.3 is 10.6 Å². The van der Waals surface area contributed by atoms with Crippen molar-refractivity contribution in [2.24, 2.45) is 5.73 Å². The molecule has 16 heavy (non-hydrogen) atoms. The highest BCUT2D eigenvalue weighted by molar-refractivity contribution is 5.34. The molecule has 0 saturated heterocycles. The van der Waals surface area contributed by atoms with Gasteiger partial charge in [0.15, 0.2) is 0 Å². The Labute approximate surface area is 96.9 Å². The van der Waals surface area contributed by atoms with E-state index in [1.807, 2.05) is 12.3 Å². The van der Waals surface area contributed by atoms with Gasteiger partial charge in [-0.1, -0.05) is 13.3 Å². The minimum atomic E-state index is 0.488. The average Bonchev–Trinajstić information content (AvgIpc) is 3.14. The summed E-state index contributed by atoms with van der Waals surface area (Å²) in [6.07, 6.45) is 6.78. The third-order valence-electron chi connectivity index (χ3n) is 2.91. The monoisotopic (exact) mass is 220 g/mol. The molecule has 2 rings (SSSR count). The Morgan fingerprint density at radius 2 is 2.31 bits per heavy atom. The van der Waals surface area contributed by atoms with Gasteiger partial charge in [-0.25, -0.2) is 9.97 Å². The van der Waals surface area contributed by atoms with E-state index in [0.29, 0.717) is 12.6 Å². The van der Waals surface area contributed by atoms with Crippen molar-refractivity contribution in [3.63, 3.8) is 0 Å². The molecule has 0 amide bonds. The number of aromatic nitrogens is 2. The number of unbranched alkanes of at least 4 members (excludes halogenated alkanes) is 1. The van der Waals surface area contributed by atoms with Crippen LogP contribution in [0.3, 0.4) is 0 Å². The van der Waals surface area contributed by atoms with Gasteiger partial charge in [0.25, 0.3) is 0 Å². The number of hydrogen-bond donors (Lipinski definition) is 1. The lowest BCUT2D eigenvalue weighted by atomic mass is 10.3. The molecule has 0 spiro atoms. The normalized spacial score (nSPS) is 15.1. The van der Waals surface area contributed by atoms with Gasteiger partial charge in [0, 0.05) is 25.3 Å². The van der Waals surface area contributed by atoms with E-state index in [9.17, 15) is 0 Å². The van der Waals surface area contributed by atoms with Gasteiger partial charge in [0.05, 0.1) is 5.69 Å². The van der Waals surface area contributed by atoms with Crippen LogP contribution in [-0.2, 0) is 6.54 Å². The Kier molecular flexibility index (Phi) is 3.72. The molecule has 1 aliphatic carbocycles. The van der Waals surface area contributed by atoms with Crippen LogP contribution in [0.1, 0.15) is 38.3 Å². The van der Waals surface area contributed by atoms with Crippen LogP contribution in [0.25, 0.3) is 0 Å². The first-order chi connectivity index (χ1) is 7.85. The third-order valence-corrected chi connectivity index (χ3v) is 2.91. The first-order valence-electron chi connectivity index (χ1n) is 6.13. The van der Waals surface area contributed by atoms with Gasteiger partial charge in [-0.05, 0) is 25.3 Å². The molecule has 0 bridgehead atoms. The predicted molar refractivity (Wildman–Crippen MR) is 65.2 cm³/mol. The highest BCUT2D eigenvalue weighted by Gasteiger charge is 2.30. The van der Waals surface area contributed by atoms with Gasteiger partial charge >= 0.3 is 0 Å². The second kappa shape index (κ2) is 5.25. The van der Waals surface area contributed by atoms with E-state index in [4.69, 9.17) is 5.73 Å². The van der Waals surface area contributed by atoms with Crippen LogP contribution in [-0.4, -0.2) is 22.6 Å². The molecule has 4 heteroatoms. The summed E-state index contributed by atoms with van der Waals surface area (Å²) in [5.74, 6) is 0.860. The molecule has 1 aliphatic rings. The van der Waals surface area contributed by atoms with Crippen molar-refractivity contribution < 1.29 is 0 Å². The third kappa shape index (κ3) is 2.70. The fraction of sp³-hybridized carbons (Fsp3) is 0.667. The maximum absolute atomic E-state index is 5.60. The molecular formula is C12H20N4. The van der Waals surface area contributed by atoms with Crippen LogP contribution in [0.15, 0.2) is 12.3 Å². The van der Waals surface area contributed by atoms with E-state index >= 15 is 0 Å². The highest BCUT2D eigenvalue weighted by atomic mass is 15.3. The van der Waals surface area contributed by atoms with Crippen LogP contribution in [0.5, 0.6) is 0 Å². The number of anilines is 1. The van der Waals surface area contributed by atoms with Gasteiger partial charge in [0.2, 0.25) is 5.95 Å². The zero-order valence-corrected chi connectivity index (χ0v) is 9.89. The largest absolute Gasteiger partial charge is 0.338 e. The Balaban J connectivity index is 2.10. The van der Waals surface area contributed by atoms with Gasteiger partial charge in [-0.2, -0.15) is 0 Å². The number of nitrogens with two attached hydrogens (primary N) is 1. The van der Waals surface area contributed by atoms with Crippen LogP contribution in [0.4, 0.5) is 5.95 Å². The second-order valence-electron chi connectivity index (χ2n) is 4.33. The molecule has 1 saturated carbocycles. The van der Waals surface area contributed by atoms with Gasteiger partial charge in [-0.3, -0.25) is 0 Å². The smallest absolute Gasteiger partial charge is 0.225 e. The summed E-state index contributed by atoms with van der Waals surface area (Å²) < 4.78 is 0. The molecule has 0 aliphatic heterocycles. The molecule has 0 atom stereocenters. The molecule has 0 radical (unpaired) electrons. The molecule has 4 nitrogen and oxygen atoms in total. The lowest BCUT2D eigenvalue weighted by Gasteiger charge is -2.22. The molecule has 0 unspecified atom stereocenters. The number of hydrogen-bond acceptors (Lipinski definition) is 4. The van der Waals surface area contributed by atoms with Gasteiger partial charge in [0.1, 0.15) is 0 Å².